The first-order chi connectivity index (χ1) is 13.5. The molecule has 4 heteroatoms. The van der Waals surface area contributed by atoms with Crippen LogP contribution in [0.15, 0.2) is 0 Å². The van der Waals surface area contributed by atoms with Gasteiger partial charge in [-0.15, -0.1) is 6.42 Å². The Morgan fingerprint density at radius 1 is 0.679 bits per heavy atom. The molecule has 0 aliphatic carbocycles. The minimum Gasteiger partial charge on any atom is -0.481 e. The molecule has 0 aromatic rings. The summed E-state index contributed by atoms with van der Waals surface area (Å²) >= 11 is 0. The van der Waals surface area contributed by atoms with Gasteiger partial charge < -0.3 is 5.11 Å². The molecular weight excluding hydrogens is 350 g/mol. The highest BCUT2D eigenvalue weighted by Gasteiger charge is 2.25. The van der Waals surface area contributed by atoms with E-state index in [0.29, 0.717) is 0 Å². The van der Waals surface area contributed by atoms with E-state index >= 15 is 0 Å². The Morgan fingerprint density at radius 2 is 1.04 bits per heavy atom. The molecule has 0 saturated heterocycles. The Hall–Kier alpha value is -5.02. The van der Waals surface area contributed by atoms with Gasteiger partial charge in [0.05, 0.1) is 5.92 Å². The number of hydrogen-bond acceptors (Lipinski definition) is 2. The Morgan fingerprint density at radius 3 is 1.39 bits per heavy atom. The monoisotopic (exact) mass is 361 g/mol. The zero-order valence-corrected chi connectivity index (χ0v) is 15.0. The lowest BCUT2D eigenvalue weighted by Crippen LogP contribution is -2.32. The minimum atomic E-state index is -1.05. The van der Waals surface area contributed by atoms with Gasteiger partial charge in [0, 0.05) is 59.3 Å². The maximum atomic E-state index is 11.6. The van der Waals surface area contributed by atoms with Gasteiger partial charge in [-0.3, -0.25) is 14.9 Å². The Balaban J connectivity index is 4.46. The fourth-order valence-electron chi connectivity index (χ4n) is 1.12. The quantitative estimate of drug-likeness (QED) is 0.553. The van der Waals surface area contributed by atoms with Crippen molar-refractivity contribution in [3.63, 3.8) is 0 Å². The van der Waals surface area contributed by atoms with E-state index in [2.05, 4.69) is 106 Å². The lowest BCUT2D eigenvalue weighted by Gasteiger charge is -2.12. The van der Waals surface area contributed by atoms with Gasteiger partial charge in [-0.25, -0.2) is 0 Å². The molecule has 0 spiro atoms. The van der Waals surface area contributed by atoms with Crippen molar-refractivity contribution in [2.45, 2.75) is 13.8 Å². The van der Waals surface area contributed by atoms with E-state index in [1.807, 2.05) is 0 Å². The highest BCUT2D eigenvalue weighted by molar-refractivity contribution is 5.85. The van der Waals surface area contributed by atoms with Crippen LogP contribution in [0.5, 0.6) is 0 Å². The zero-order chi connectivity index (χ0) is 21.0. The largest absolute Gasteiger partial charge is 0.481 e. The van der Waals surface area contributed by atoms with Crippen LogP contribution in [0.4, 0.5) is 0 Å². The molecule has 2 N–H and O–H groups in total. The molecule has 28 heavy (non-hydrogen) atoms. The Bertz CT molecular complexity index is 1170. The third-order valence-corrected chi connectivity index (χ3v) is 2.75. The van der Waals surface area contributed by atoms with Crippen LogP contribution in [0.1, 0.15) is 13.8 Å². The smallest absolute Gasteiger partial charge is 0.307 e. The van der Waals surface area contributed by atoms with Gasteiger partial charge in [0.15, 0.2) is 0 Å². The Kier molecular flexibility index (Phi) is 12.7. The lowest BCUT2D eigenvalue weighted by atomic mass is 9.95. The van der Waals surface area contributed by atoms with Crippen molar-refractivity contribution in [2.24, 2.45) is 11.8 Å². The molecule has 0 aromatic heterocycles. The standard InChI is InChI=1S/C24H11NO3/c1-4-5-6-7-8-9-10-11-12-13-14-15-16-17-18-19-20-25-23(26)21(2)22(3)24(27)28/h1,21-22H,2-3H3,(H,25,26)(H,27,28). The molecular formula is C24H11NO3. The number of hydrogen-bond donors (Lipinski definition) is 2. The van der Waals surface area contributed by atoms with Gasteiger partial charge in [-0.1, -0.05) is 13.8 Å². The van der Waals surface area contributed by atoms with E-state index in [4.69, 9.17) is 11.5 Å². The molecule has 130 valence electrons. The summed E-state index contributed by atoms with van der Waals surface area (Å²) in [5, 5.41) is 11.1. The molecule has 0 radical (unpaired) electrons. The summed E-state index contributed by atoms with van der Waals surface area (Å²) in [6.45, 7) is 2.95. The van der Waals surface area contributed by atoms with Crippen molar-refractivity contribution in [3.05, 3.63) is 0 Å². The summed E-state index contributed by atoms with van der Waals surface area (Å²) in [4.78, 5) is 22.4. The Labute approximate surface area is 165 Å². The summed E-state index contributed by atoms with van der Waals surface area (Å²) in [6, 6.07) is 2.32. The SMILES string of the molecule is C#CC#CC#CC#CC#CC#CC#CC#CC#CNC(=O)C(C)C(C)C(=O)O. The van der Waals surface area contributed by atoms with E-state index in [9.17, 15) is 9.59 Å². The second kappa shape index (κ2) is 15.5. The zero-order valence-electron chi connectivity index (χ0n) is 15.0. The van der Waals surface area contributed by atoms with Crippen molar-refractivity contribution in [3.8, 4) is 107 Å². The number of carboxylic acid groups (broad SMARTS) is 1. The molecule has 0 bridgehead atoms. The van der Waals surface area contributed by atoms with Crippen LogP contribution >= 0.6 is 0 Å². The number of rotatable bonds is 3. The van der Waals surface area contributed by atoms with Crippen LogP contribution < -0.4 is 5.32 Å². The van der Waals surface area contributed by atoms with E-state index in [1.54, 1.807) is 0 Å². The number of amides is 1. The third-order valence-electron chi connectivity index (χ3n) is 2.75. The predicted octanol–water partition coefficient (Wildman–Crippen LogP) is 0.0773. The molecule has 4 nitrogen and oxygen atoms in total. The first-order valence-electron chi connectivity index (χ1n) is 7.49. The number of nitrogens with one attached hydrogen (secondary N) is 1. The molecule has 1 amide bonds. The molecule has 0 rings (SSSR count). The number of terminal acetylenes is 1. The average molecular weight is 361 g/mol. The molecule has 0 saturated carbocycles. The van der Waals surface area contributed by atoms with Crippen LogP contribution in [0, 0.1) is 119 Å². The van der Waals surface area contributed by atoms with Crippen LogP contribution in [0.3, 0.4) is 0 Å². The van der Waals surface area contributed by atoms with Gasteiger partial charge in [-0.05, 0) is 47.4 Å². The van der Waals surface area contributed by atoms with Crippen molar-refractivity contribution < 1.29 is 14.7 Å². The van der Waals surface area contributed by atoms with Crippen LogP contribution in [-0.4, -0.2) is 17.0 Å². The molecule has 0 aliphatic rings. The van der Waals surface area contributed by atoms with Crippen molar-refractivity contribution in [1.29, 1.82) is 0 Å². The molecule has 0 aromatic carbocycles. The topological polar surface area (TPSA) is 66.4 Å². The van der Waals surface area contributed by atoms with Gasteiger partial charge in [-0.2, -0.15) is 0 Å². The van der Waals surface area contributed by atoms with Gasteiger partial charge >= 0.3 is 5.97 Å². The molecule has 2 unspecified atom stereocenters. The van der Waals surface area contributed by atoms with Crippen molar-refractivity contribution in [2.75, 3.05) is 0 Å². The van der Waals surface area contributed by atoms with Crippen LogP contribution in [-0.2, 0) is 9.59 Å². The molecule has 0 fully saturated rings. The maximum Gasteiger partial charge on any atom is 0.307 e. The summed E-state index contributed by atoms with van der Waals surface area (Å²) in [7, 11) is 0. The average Bonchev–Trinajstić information content (AvgIpc) is 2.68. The third kappa shape index (κ3) is 12.4. The van der Waals surface area contributed by atoms with Gasteiger partial charge in [0.2, 0.25) is 5.91 Å². The van der Waals surface area contributed by atoms with Crippen molar-refractivity contribution >= 4 is 11.9 Å². The second-order valence-corrected chi connectivity index (χ2v) is 4.55. The van der Waals surface area contributed by atoms with E-state index in [-0.39, 0.29) is 0 Å². The maximum absolute atomic E-state index is 11.6. The number of carboxylic acids is 1. The predicted molar refractivity (Wildman–Crippen MR) is 105 cm³/mol. The lowest BCUT2D eigenvalue weighted by molar-refractivity contribution is -0.145. The molecule has 0 heterocycles. The van der Waals surface area contributed by atoms with E-state index < -0.39 is 23.7 Å². The summed E-state index contributed by atoms with van der Waals surface area (Å²) in [6.07, 6.45) is 4.90. The second-order valence-electron chi connectivity index (χ2n) is 4.55. The minimum absolute atomic E-state index is 0.491. The van der Waals surface area contributed by atoms with Crippen molar-refractivity contribution in [1.82, 2.24) is 5.32 Å². The highest BCUT2D eigenvalue weighted by atomic mass is 16.4. The van der Waals surface area contributed by atoms with E-state index in [0.717, 1.165) is 0 Å². The van der Waals surface area contributed by atoms with E-state index in [1.165, 1.54) is 13.8 Å². The first-order valence-corrected chi connectivity index (χ1v) is 7.49. The highest BCUT2D eigenvalue weighted by Crippen LogP contribution is 2.10. The molecule has 2 atom stereocenters. The van der Waals surface area contributed by atoms with Crippen LogP contribution in [0.25, 0.3) is 0 Å². The summed E-state index contributed by atoms with van der Waals surface area (Å²) < 4.78 is 0. The first kappa shape index (κ1) is 23.0. The fourth-order valence-corrected chi connectivity index (χ4v) is 1.12. The van der Waals surface area contributed by atoms with Gasteiger partial charge in [0.1, 0.15) is 0 Å². The summed E-state index contributed by atoms with van der Waals surface area (Å²) in [5.74, 6) is 35.3. The van der Waals surface area contributed by atoms with Gasteiger partial charge in [0.25, 0.3) is 0 Å². The number of carbonyl (C=O) groups is 2. The normalized spacial score (nSPS) is 8.32. The summed E-state index contributed by atoms with van der Waals surface area (Å²) in [5.41, 5.74) is 0. The fraction of sp³-hybridized carbons (Fsp3) is 0.167. The van der Waals surface area contributed by atoms with Crippen LogP contribution in [0.2, 0.25) is 0 Å². The number of aliphatic carboxylic acids is 1. The molecule has 0 aliphatic heterocycles. The number of carbonyl (C=O) groups excluding carboxylic acids is 1.